The number of urea groups is 1. The second kappa shape index (κ2) is 7.46. The Bertz CT molecular complexity index is 699. The summed E-state index contributed by atoms with van der Waals surface area (Å²) in [7, 11) is 1.68. The van der Waals surface area contributed by atoms with Gasteiger partial charge in [-0.15, -0.1) is 0 Å². The van der Waals surface area contributed by atoms with Crippen molar-refractivity contribution in [1.29, 1.82) is 0 Å². The fourth-order valence-electron chi connectivity index (χ4n) is 4.94. The summed E-state index contributed by atoms with van der Waals surface area (Å²) in [5.41, 5.74) is 0.649. The minimum atomic E-state index is -0.0763. The highest BCUT2D eigenvalue weighted by Gasteiger charge is 2.42. The van der Waals surface area contributed by atoms with Crippen molar-refractivity contribution in [2.24, 2.45) is 11.8 Å². The van der Waals surface area contributed by atoms with Crippen molar-refractivity contribution in [3.8, 4) is 0 Å². The first-order valence-corrected chi connectivity index (χ1v) is 10.0. The third kappa shape index (κ3) is 3.78. The lowest BCUT2D eigenvalue weighted by Crippen LogP contribution is -2.53. The van der Waals surface area contributed by atoms with Crippen LogP contribution in [-0.4, -0.2) is 66.0 Å². The summed E-state index contributed by atoms with van der Waals surface area (Å²) in [6, 6.07) is 4.20. The third-order valence-electron chi connectivity index (χ3n) is 6.59. The molecule has 0 aromatic carbocycles. The van der Waals surface area contributed by atoms with E-state index in [1.807, 2.05) is 4.90 Å². The number of hydrogen-bond acceptors (Lipinski definition) is 4. The van der Waals surface area contributed by atoms with E-state index in [2.05, 4.69) is 15.2 Å². The first kappa shape index (κ1) is 18.2. The Hall–Kier alpha value is -2.15. The van der Waals surface area contributed by atoms with Crippen LogP contribution in [0, 0.1) is 11.8 Å². The minimum Gasteiger partial charge on any atom is -0.322 e. The molecule has 2 aliphatic carbocycles. The summed E-state index contributed by atoms with van der Waals surface area (Å²) in [6.07, 6.45) is 7.21. The van der Waals surface area contributed by atoms with E-state index in [1.165, 1.54) is 37.5 Å². The van der Waals surface area contributed by atoms with Crippen molar-refractivity contribution < 1.29 is 9.59 Å². The molecule has 1 aromatic rings. The van der Waals surface area contributed by atoms with Gasteiger partial charge < -0.3 is 15.1 Å². The van der Waals surface area contributed by atoms with Crippen LogP contribution in [0.25, 0.3) is 0 Å². The number of aromatic nitrogens is 1. The van der Waals surface area contributed by atoms with Crippen LogP contribution in [0.4, 0.5) is 16.3 Å². The van der Waals surface area contributed by atoms with Gasteiger partial charge in [0, 0.05) is 46.2 Å². The van der Waals surface area contributed by atoms with Gasteiger partial charge in [-0.25, -0.2) is 9.78 Å². The maximum absolute atomic E-state index is 12.6. The molecule has 2 bridgehead atoms. The minimum absolute atomic E-state index is 0.0722. The predicted molar refractivity (Wildman–Crippen MR) is 105 cm³/mol. The summed E-state index contributed by atoms with van der Waals surface area (Å²) in [5.74, 6) is 2.35. The number of rotatable bonds is 3. The number of amides is 3. The molecule has 4 rings (SSSR count). The van der Waals surface area contributed by atoms with Gasteiger partial charge in [-0.05, 0) is 43.2 Å². The smallest absolute Gasteiger partial charge is 0.321 e. The molecule has 2 saturated carbocycles. The highest BCUT2D eigenvalue weighted by atomic mass is 16.2. The summed E-state index contributed by atoms with van der Waals surface area (Å²) in [4.78, 5) is 34.2. The third-order valence-corrected chi connectivity index (χ3v) is 6.59. The molecule has 3 atom stereocenters. The first-order chi connectivity index (χ1) is 13.0. The number of carbonyl (C=O) groups excluding carboxylic acids is 2. The van der Waals surface area contributed by atoms with Crippen LogP contribution in [0.2, 0.25) is 0 Å². The Morgan fingerprint density at radius 2 is 1.93 bits per heavy atom. The highest BCUT2D eigenvalue weighted by molar-refractivity contribution is 5.91. The number of piperazine rings is 1. The predicted octanol–water partition coefficient (Wildman–Crippen LogP) is 2.40. The maximum atomic E-state index is 12.6. The number of nitrogens with one attached hydrogen (secondary N) is 1. The van der Waals surface area contributed by atoms with E-state index < -0.39 is 0 Å². The molecular formula is C20H29N5O2. The Labute approximate surface area is 160 Å². The SMILES string of the molecule is CC(=O)N(C)c1ccc(NC(=O)N2CCN([C@@H]3C[C@@H]4CC[C@H]3C4)CC2)cn1. The molecular weight excluding hydrogens is 342 g/mol. The largest absolute Gasteiger partial charge is 0.322 e. The van der Waals surface area contributed by atoms with Gasteiger partial charge in [0.05, 0.1) is 11.9 Å². The fourth-order valence-corrected chi connectivity index (χ4v) is 4.94. The van der Waals surface area contributed by atoms with Crippen LogP contribution < -0.4 is 10.2 Å². The molecule has 3 fully saturated rings. The Kier molecular flexibility index (Phi) is 5.04. The Morgan fingerprint density at radius 1 is 1.15 bits per heavy atom. The molecule has 2 heterocycles. The van der Waals surface area contributed by atoms with E-state index in [1.54, 1.807) is 25.4 Å². The molecule has 27 heavy (non-hydrogen) atoms. The summed E-state index contributed by atoms with van der Waals surface area (Å²) < 4.78 is 0. The first-order valence-electron chi connectivity index (χ1n) is 10.0. The molecule has 0 radical (unpaired) electrons. The van der Waals surface area contributed by atoms with Crippen LogP contribution >= 0.6 is 0 Å². The van der Waals surface area contributed by atoms with Gasteiger partial charge >= 0.3 is 6.03 Å². The average Bonchev–Trinajstić information content (AvgIpc) is 3.31. The van der Waals surface area contributed by atoms with Crippen molar-refractivity contribution in [2.45, 2.75) is 38.6 Å². The lowest BCUT2D eigenvalue weighted by atomic mass is 9.93. The van der Waals surface area contributed by atoms with Gasteiger partial charge in [0.25, 0.3) is 0 Å². The maximum Gasteiger partial charge on any atom is 0.321 e. The highest BCUT2D eigenvalue weighted by Crippen LogP contribution is 2.46. The van der Waals surface area contributed by atoms with Gasteiger partial charge in [0.2, 0.25) is 5.91 Å². The standard InChI is InChI=1S/C20H29N5O2/c1-14(26)23(2)19-6-5-17(13-21-19)22-20(27)25-9-7-24(8-10-25)18-12-15-3-4-16(18)11-15/h5-6,13,15-16,18H,3-4,7-12H2,1-2H3,(H,22,27)/t15-,16+,18-/m1/s1. The average molecular weight is 371 g/mol. The van der Waals surface area contributed by atoms with Crippen molar-refractivity contribution in [3.05, 3.63) is 18.3 Å². The zero-order valence-corrected chi connectivity index (χ0v) is 16.2. The zero-order valence-electron chi connectivity index (χ0n) is 16.2. The van der Waals surface area contributed by atoms with E-state index >= 15 is 0 Å². The van der Waals surface area contributed by atoms with Crippen LogP contribution in [0.5, 0.6) is 0 Å². The zero-order chi connectivity index (χ0) is 19.0. The van der Waals surface area contributed by atoms with Crippen LogP contribution in [-0.2, 0) is 4.79 Å². The van der Waals surface area contributed by atoms with E-state index in [0.29, 0.717) is 11.5 Å². The van der Waals surface area contributed by atoms with E-state index in [0.717, 1.165) is 44.1 Å². The molecule has 3 aliphatic rings. The quantitative estimate of drug-likeness (QED) is 0.886. The second-order valence-electron chi connectivity index (χ2n) is 8.18. The lowest BCUT2D eigenvalue weighted by molar-refractivity contribution is -0.116. The number of nitrogens with zero attached hydrogens (tertiary/aromatic N) is 4. The molecule has 3 amide bonds. The number of hydrogen-bond donors (Lipinski definition) is 1. The molecule has 146 valence electrons. The molecule has 0 unspecified atom stereocenters. The van der Waals surface area contributed by atoms with Crippen molar-refractivity contribution in [2.75, 3.05) is 43.4 Å². The molecule has 7 heteroatoms. The van der Waals surface area contributed by atoms with Gasteiger partial charge in [0.15, 0.2) is 0 Å². The normalized spacial score (nSPS) is 27.6. The number of anilines is 2. The molecule has 0 spiro atoms. The van der Waals surface area contributed by atoms with Crippen LogP contribution in [0.3, 0.4) is 0 Å². The summed E-state index contributed by atoms with van der Waals surface area (Å²) in [5, 5.41) is 2.92. The van der Waals surface area contributed by atoms with Gasteiger partial charge in [-0.2, -0.15) is 0 Å². The summed E-state index contributed by atoms with van der Waals surface area (Å²) in [6.45, 7) is 4.99. The molecule has 1 aromatic heterocycles. The van der Waals surface area contributed by atoms with E-state index in [-0.39, 0.29) is 11.9 Å². The van der Waals surface area contributed by atoms with Crippen LogP contribution in [0.15, 0.2) is 18.3 Å². The molecule has 1 N–H and O–H groups in total. The van der Waals surface area contributed by atoms with Crippen molar-refractivity contribution >= 4 is 23.4 Å². The van der Waals surface area contributed by atoms with Gasteiger partial charge in [0.1, 0.15) is 5.82 Å². The van der Waals surface area contributed by atoms with E-state index in [4.69, 9.17) is 0 Å². The lowest BCUT2D eigenvalue weighted by Gasteiger charge is -2.40. The van der Waals surface area contributed by atoms with Gasteiger partial charge in [-0.1, -0.05) is 6.42 Å². The number of carbonyl (C=O) groups is 2. The van der Waals surface area contributed by atoms with Gasteiger partial charge in [-0.3, -0.25) is 9.69 Å². The van der Waals surface area contributed by atoms with E-state index in [9.17, 15) is 9.59 Å². The number of fused-ring (bicyclic) bond motifs is 2. The topological polar surface area (TPSA) is 68.8 Å². The molecule has 1 saturated heterocycles. The molecule has 7 nitrogen and oxygen atoms in total. The molecule has 1 aliphatic heterocycles. The Balaban J connectivity index is 1.27. The number of pyridine rings is 1. The summed E-state index contributed by atoms with van der Waals surface area (Å²) >= 11 is 0. The Morgan fingerprint density at radius 3 is 2.48 bits per heavy atom. The second-order valence-corrected chi connectivity index (χ2v) is 8.18. The van der Waals surface area contributed by atoms with Crippen LogP contribution in [0.1, 0.15) is 32.6 Å². The van der Waals surface area contributed by atoms with Crippen molar-refractivity contribution in [3.63, 3.8) is 0 Å². The van der Waals surface area contributed by atoms with Crippen molar-refractivity contribution in [1.82, 2.24) is 14.8 Å². The fraction of sp³-hybridized carbons (Fsp3) is 0.650. The monoisotopic (exact) mass is 371 g/mol.